The van der Waals surface area contributed by atoms with E-state index in [1.165, 1.54) is 15.6 Å². The molecule has 0 bridgehead atoms. The molecule has 0 atom stereocenters. The molecule has 0 aliphatic rings. The summed E-state index contributed by atoms with van der Waals surface area (Å²) < 4.78 is 28.1. The Kier molecular flexibility index (Phi) is 6.00. The summed E-state index contributed by atoms with van der Waals surface area (Å²) in [4.78, 5) is 16.0. The highest BCUT2D eigenvalue weighted by atomic mass is 79.9. The molecule has 0 saturated heterocycles. The fourth-order valence-corrected chi connectivity index (χ4v) is 5.54. The van der Waals surface area contributed by atoms with Crippen LogP contribution in [0.1, 0.15) is 27.7 Å². The van der Waals surface area contributed by atoms with Gasteiger partial charge in [0.05, 0.1) is 20.4 Å². The summed E-state index contributed by atoms with van der Waals surface area (Å²) in [5.41, 5.74) is 0.657. The van der Waals surface area contributed by atoms with Gasteiger partial charge in [-0.25, -0.2) is 13.4 Å². The number of nitrogens with one attached hydrogen (secondary N) is 1. The lowest BCUT2D eigenvalue weighted by atomic mass is 10.3. The molecule has 9 heteroatoms. The van der Waals surface area contributed by atoms with Crippen LogP contribution in [0.2, 0.25) is 0 Å². The predicted octanol–water partition coefficient (Wildman–Crippen LogP) is 3.44. The number of anilines is 1. The van der Waals surface area contributed by atoms with E-state index in [1.807, 2.05) is 27.7 Å². The zero-order chi connectivity index (χ0) is 18.1. The van der Waals surface area contributed by atoms with Gasteiger partial charge < -0.3 is 5.32 Å². The van der Waals surface area contributed by atoms with Crippen molar-refractivity contribution in [2.24, 2.45) is 0 Å². The van der Waals surface area contributed by atoms with Gasteiger partial charge in [0.2, 0.25) is 15.9 Å². The van der Waals surface area contributed by atoms with Crippen molar-refractivity contribution < 1.29 is 13.2 Å². The predicted molar refractivity (Wildman–Crippen MR) is 101 cm³/mol. The number of carbonyl (C=O) groups excluding carboxylic acids is 1. The quantitative estimate of drug-likeness (QED) is 0.707. The van der Waals surface area contributed by atoms with Gasteiger partial charge in [0, 0.05) is 12.1 Å². The highest BCUT2D eigenvalue weighted by Crippen LogP contribution is 2.30. The standard InChI is InChI=1S/C15H20BrN3O3S2/c1-9(2)19(10(3)4)24(21,22)11-5-6-12-13(7-11)23-15(17-12)18-14(20)8-16/h5-7,9-10H,8H2,1-4H3,(H,17,18,20). The van der Waals surface area contributed by atoms with Gasteiger partial charge in [-0.15, -0.1) is 0 Å². The number of aromatic nitrogens is 1. The maximum absolute atomic E-state index is 12.9. The molecule has 1 amide bonds. The second-order valence-corrected chi connectivity index (χ2v) is 9.29. The molecular weight excluding hydrogens is 414 g/mol. The number of halogens is 1. The summed E-state index contributed by atoms with van der Waals surface area (Å²) >= 11 is 4.33. The van der Waals surface area contributed by atoms with Crippen LogP contribution in [-0.4, -0.2) is 41.0 Å². The van der Waals surface area contributed by atoms with Gasteiger partial charge in [-0.2, -0.15) is 4.31 Å². The first-order chi connectivity index (χ1) is 11.2. The normalized spacial score (nSPS) is 12.5. The van der Waals surface area contributed by atoms with E-state index in [0.29, 0.717) is 15.3 Å². The van der Waals surface area contributed by atoms with Gasteiger partial charge in [-0.05, 0) is 45.9 Å². The first kappa shape index (κ1) is 19.3. The molecule has 0 aliphatic heterocycles. The summed E-state index contributed by atoms with van der Waals surface area (Å²) in [6, 6.07) is 4.57. The number of benzene rings is 1. The van der Waals surface area contributed by atoms with E-state index < -0.39 is 10.0 Å². The molecule has 132 valence electrons. The van der Waals surface area contributed by atoms with E-state index >= 15 is 0 Å². The Labute approximate surface area is 154 Å². The minimum Gasteiger partial charge on any atom is -0.301 e. The first-order valence-corrected chi connectivity index (χ1v) is 10.8. The number of nitrogens with zero attached hydrogens (tertiary/aromatic N) is 2. The summed E-state index contributed by atoms with van der Waals surface area (Å²) in [6.45, 7) is 7.43. The number of alkyl halides is 1. The number of hydrogen-bond acceptors (Lipinski definition) is 5. The molecule has 0 saturated carbocycles. The van der Waals surface area contributed by atoms with Gasteiger partial charge >= 0.3 is 0 Å². The second-order valence-electron chi connectivity index (χ2n) is 5.85. The summed E-state index contributed by atoms with van der Waals surface area (Å²) in [6.07, 6.45) is 0. The maximum atomic E-state index is 12.9. The molecule has 0 spiro atoms. The van der Waals surface area contributed by atoms with Gasteiger partial charge in [-0.3, -0.25) is 4.79 Å². The molecule has 1 heterocycles. The second kappa shape index (κ2) is 7.47. The Morgan fingerprint density at radius 1 is 1.29 bits per heavy atom. The Hall–Kier alpha value is -1.03. The third-order valence-corrected chi connectivity index (χ3v) is 7.01. The van der Waals surface area contributed by atoms with Gasteiger partial charge in [-0.1, -0.05) is 27.3 Å². The van der Waals surface area contributed by atoms with Crippen molar-refractivity contribution >= 4 is 58.5 Å². The van der Waals surface area contributed by atoms with Crippen molar-refractivity contribution in [3.63, 3.8) is 0 Å². The Morgan fingerprint density at radius 2 is 1.92 bits per heavy atom. The molecule has 0 aliphatic carbocycles. The average molecular weight is 434 g/mol. The summed E-state index contributed by atoms with van der Waals surface area (Å²) in [7, 11) is -3.59. The van der Waals surface area contributed by atoms with E-state index in [1.54, 1.807) is 18.2 Å². The van der Waals surface area contributed by atoms with Crippen molar-refractivity contribution in [3.8, 4) is 0 Å². The van der Waals surface area contributed by atoms with Gasteiger partial charge in [0.15, 0.2) is 5.13 Å². The fourth-order valence-electron chi connectivity index (χ4n) is 2.54. The number of carbonyl (C=O) groups is 1. The van der Waals surface area contributed by atoms with Crippen LogP contribution in [0.4, 0.5) is 5.13 Å². The smallest absolute Gasteiger partial charge is 0.243 e. The van der Waals surface area contributed by atoms with Crippen molar-refractivity contribution in [2.75, 3.05) is 10.6 Å². The van der Waals surface area contributed by atoms with Crippen molar-refractivity contribution in [3.05, 3.63) is 18.2 Å². The molecular formula is C15H20BrN3O3S2. The molecule has 2 aromatic rings. The highest BCUT2D eigenvalue weighted by Gasteiger charge is 2.29. The van der Waals surface area contributed by atoms with Crippen LogP contribution in [-0.2, 0) is 14.8 Å². The third kappa shape index (κ3) is 3.96. The van der Waals surface area contributed by atoms with E-state index in [2.05, 4.69) is 26.2 Å². The highest BCUT2D eigenvalue weighted by molar-refractivity contribution is 9.09. The lowest BCUT2D eigenvalue weighted by Crippen LogP contribution is -2.41. The molecule has 0 fully saturated rings. The lowest BCUT2D eigenvalue weighted by molar-refractivity contribution is -0.113. The fraction of sp³-hybridized carbons (Fsp3) is 0.467. The minimum absolute atomic E-state index is 0.138. The van der Waals surface area contributed by atoms with E-state index in [-0.39, 0.29) is 28.2 Å². The monoisotopic (exact) mass is 433 g/mol. The van der Waals surface area contributed by atoms with Crippen molar-refractivity contribution in [1.82, 2.24) is 9.29 Å². The SMILES string of the molecule is CC(C)N(C(C)C)S(=O)(=O)c1ccc2nc(NC(=O)CBr)sc2c1. The summed E-state index contributed by atoms with van der Waals surface area (Å²) in [5, 5.41) is 3.29. The molecule has 24 heavy (non-hydrogen) atoms. The topological polar surface area (TPSA) is 79.4 Å². The van der Waals surface area contributed by atoms with E-state index in [4.69, 9.17) is 0 Å². The average Bonchev–Trinajstić information content (AvgIpc) is 2.86. The number of fused-ring (bicyclic) bond motifs is 1. The minimum atomic E-state index is -3.59. The van der Waals surface area contributed by atoms with Crippen molar-refractivity contribution in [1.29, 1.82) is 0 Å². The molecule has 1 aromatic heterocycles. The maximum Gasteiger partial charge on any atom is 0.243 e. The zero-order valence-electron chi connectivity index (χ0n) is 13.9. The zero-order valence-corrected chi connectivity index (χ0v) is 17.1. The molecule has 6 nitrogen and oxygen atoms in total. The number of thiazole rings is 1. The van der Waals surface area contributed by atoms with Crippen LogP contribution in [0, 0.1) is 0 Å². The van der Waals surface area contributed by atoms with Crippen LogP contribution in [0.3, 0.4) is 0 Å². The Morgan fingerprint density at radius 3 is 2.46 bits per heavy atom. The van der Waals surface area contributed by atoms with Crippen LogP contribution in [0.25, 0.3) is 10.2 Å². The number of sulfonamides is 1. The van der Waals surface area contributed by atoms with Gasteiger partial charge in [0.25, 0.3) is 0 Å². The number of amides is 1. The molecule has 2 rings (SSSR count). The van der Waals surface area contributed by atoms with E-state index in [9.17, 15) is 13.2 Å². The molecule has 0 unspecified atom stereocenters. The summed E-state index contributed by atoms with van der Waals surface area (Å²) in [5.74, 6) is -0.201. The molecule has 1 aromatic carbocycles. The van der Waals surface area contributed by atoms with Gasteiger partial charge in [0.1, 0.15) is 0 Å². The third-order valence-electron chi connectivity index (χ3n) is 3.32. The molecule has 0 radical (unpaired) electrons. The number of rotatable bonds is 6. The Bertz CT molecular complexity index is 839. The number of hydrogen-bond donors (Lipinski definition) is 1. The first-order valence-electron chi connectivity index (χ1n) is 7.46. The van der Waals surface area contributed by atoms with Crippen LogP contribution in [0.15, 0.2) is 23.1 Å². The van der Waals surface area contributed by atoms with E-state index in [0.717, 1.165) is 0 Å². The van der Waals surface area contributed by atoms with Crippen molar-refractivity contribution in [2.45, 2.75) is 44.7 Å². The molecule has 1 N–H and O–H groups in total. The lowest BCUT2D eigenvalue weighted by Gasteiger charge is -2.29. The van der Waals surface area contributed by atoms with Crippen LogP contribution < -0.4 is 5.32 Å². The Balaban J connectivity index is 2.44. The van der Waals surface area contributed by atoms with Crippen LogP contribution >= 0.6 is 27.3 Å². The largest absolute Gasteiger partial charge is 0.301 e. The van der Waals surface area contributed by atoms with Crippen LogP contribution in [0.5, 0.6) is 0 Å².